The summed E-state index contributed by atoms with van der Waals surface area (Å²) in [7, 11) is 4.04. The quantitative estimate of drug-likeness (QED) is 0.567. The van der Waals surface area contributed by atoms with Crippen molar-refractivity contribution in [3.05, 3.63) is 92.1 Å². The van der Waals surface area contributed by atoms with E-state index in [1.807, 2.05) is 32.3 Å². The van der Waals surface area contributed by atoms with Crippen molar-refractivity contribution in [3.8, 4) is 0 Å². The second-order valence-corrected chi connectivity index (χ2v) is 6.11. The topological polar surface area (TPSA) is 20.3 Å². The van der Waals surface area contributed by atoms with Crippen LogP contribution < -0.4 is 15.5 Å². The number of benzene rings is 2. The van der Waals surface area contributed by atoms with E-state index in [-0.39, 0.29) is 5.43 Å². The van der Waals surface area contributed by atoms with Gasteiger partial charge in [-0.1, -0.05) is 42.5 Å². The molecule has 0 N–H and O–H groups in total. The molecule has 23 heavy (non-hydrogen) atoms. The average molecular weight is 299 g/mol. The lowest BCUT2D eigenvalue weighted by molar-refractivity contribution is 1.13. The van der Waals surface area contributed by atoms with Gasteiger partial charge in [0.2, 0.25) is 0 Å². The molecule has 2 aliphatic carbocycles. The smallest absolute Gasteiger partial charge is 0.187 e. The predicted octanol–water partition coefficient (Wildman–Crippen LogP) is 2.98. The number of nitrogens with zero attached hydrogens (tertiary/aromatic N) is 1. The molecule has 0 atom stereocenters. The highest BCUT2D eigenvalue weighted by molar-refractivity contribution is 5.72. The first-order valence-corrected chi connectivity index (χ1v) is 7.70. The van der Waals surface area contributed by atoms with Gasteiger partial charge in [-0.15, -0.1) is 0 Å². The van der Waals surface area contributed by atoms with Crippen LogP contribution in [-0.2, 0) is 0 Å². The van der Waals surface area contributed by atoms with Gasteiger partial charge >= 0.3 is 0 Å². The van der Waals surface area contributed by atoms with Gasteiger partial charge in [-0.2, -0.15) is 0 Å². The molecule has 0 spiro atoms. The van der Waals surface area contributed by atoms with E-state index in [1.165, 1.54) is 10.6 Å². The van der Waals surface area contributed by atoms with Crippen LogP contribution in [0.2, 0.25) is 0 Å². The van der Waals surface area contributed by atoms with E-state index < -0.39 is 0 Å². The van der Waals surface area contributed by atoms with Crippen LogP contribution in [0.15, 0.2) is 65.5 Å². The summed E-state index contributed by atoms with van der Waals surface area (Å²) in [5, 5.41) is 5.21. The number of rotatable bonds is 2. The first kappa shape index (κ1) is 13.8. The third-order valence-corrected chi connectivity index (χ3v) is 4.39. The Morgan fingerprint density at radius 2 is 1.61 bits per heavy atom. The highest BCUT2D eigenvalue weighted by Crippen LogP contribution is 2.16. The molecule has 0 saturated carbocycles. The van der Waals surface area contributed by atoms with E-state index in [0.29, 0.717) is 0 Å². The normalized spacial score (nSPS) is 12.3. The minimum Gasteiger partial charge on any atom is -0.378 e. The van der Waals surface area contributed by atoms with Crippen LogP contribution in [-0.4, -0.2) is 14.1 Å². The fraction of sp³-hybridized carbons (Fsp3) is 0.0952. The molecule has 2 aromatic rings. The van der Waals surface area contributed by atoms with Crippen molar-refractivity contribution in [1.29, 1.82) is 0 Å². The van der Waals surface area contributed by atoms with E-state index in [2.05, 4.69) is 47.4 Å². The Labute approximate surface area is 134 Å². The zero-order valence-electron chi connectivity index (χ0n) is 13.2. The van der Waals surface area contributed by atoms with Gasteiger partial charge in [0.05, 0.1) is 0 Å². The third kappa shape index (κ3) is 2.23. The highest BCUT2D eigenvalue weighted by atomic mass is 16.1. The standard InChI is InChI=1S/C21H17NO/c1-22(2)17-9-6-14(7-10-17)12-19-18-11-8-15-4-3-5-16(21(15)18)13-20(19)23/h3-13H,1-2H3. The van der Waals surface area contributed by atoms with E-state index in [1.54, 1.807) is 6.07 Å². The van der Waals surface area contributed by atoms with Gasteiger partial charge in [0.15, 0.2) is 5.43 Å². The number of hydrogen-bond acceptors (Lipinski definition) is 2. The van der Waals surface area contributed by atoms with Crippen molar-refractivity contribution >= 4 is 22.5 Å². The second-order valence-electron chi connectivity index (χ2n) is 6.11. The molecule has 0 saturated heterocycles. The van der Waals surface area contributed by atoms with Crippen molar-refractivity contribution in [1.82, 2.24) is 0 Å². The molecule has 0 fully saturated rings. The minimum absolute atomic E-state index is 0.0767. The largest absolute Gasteiger partial charge is 0.378 e. The van der Waals surface area contributed by atoms with Crippen molar-refractivity contribution in [3.63, 3.8) is 0 Å². The van der Waals surface area contributed by atoms with Gasteiger partial charge in [-0.25, -0.2) is 0 Å². The lowest BCUT2D eigenvalue weighted by atomic mass is 10.1. The monoisotopic (exact) mass is 299 g/mol. The van der Waals surface area contributed by atoms with E-state index >= 15 is 0 Å². The molecule has 2 aliphatic rings. The summed E-state index contributed by atoms with van der Waals surface area (Å²) in [6.07, 6.45) is 1.99. The molecule has 0 radical (unpaired) electrons. The van der Waals surface area contributed by atoms with E-state index in [0.717, 1.165) is 27.1 Å². The maximum absolute atomic E-state index is 12.5. The summed E-state index contributed by atoms with van der Waals surface area (Å²) in [6, 6.07) is 20.2. The summed E-state index contributed by atoms with van der Waals surface area (Å²) in [6.45, 7) is 0. The van der Waals surface area contributed by atoms with Crippen LogP contribution in [0.3, 0.4) is 0 Å². The van der Waals surface area contributed by atoms with Crippen LogP contribution in [0.4, 0.5) is 5.69 Å². The molecule has 0 bridgehead atoms. The van der Waals surface area contributed by atoms with E-state index in [4.69, 9.17) is 0 Å². The average Bonchev–Trinajstić information content (AvgIpc) is 2.97. The molecule has 0 aromatic heterocycles. The van der Waals surface area contributed by atoms with Gasteiger partial charge in [0, 0.05) is 25.0 Å². The van der Waals surface area contributed by atoms with Crippen molar-refractivity contribution in [2.45, 2.75) is 0 Å². The Balaban J connectivity index is 2.01. The first-order valence-electron chi connectivity index (χ1n) is 7.70. The molecule has 0 amide bonds. The van der Waals surface area contributed by atoms with Gasteiger partial charge in [0.1, 0.15) is 0 Å². The molecule has 2 aromatic carbocycles. The number of anilines is 1. The molecule has 4 rings (SSSR count). The fourth-order valence-electron chi connectivity index (χ4n) is 3.18. The van der Waals surface area contributed by atoms with Crippen LogP contribution in [0.5, 0.6) is 0 Å². The van der Waals surface area contributed by atoms with Crippen molar-refractivity contribution in [2.75, 3.05) is 19.0 Å². The molecule has 0 unspecified atom stereocenters. The highest BCUT2D eigenvalue weighted by Gasteiger charge is 2.04. The maximum atomic E-state index is 12.5. The van der Waals surface area contributed by atoms with Crippen molar-refractivity contribution in [2.24, 2.45) is 0 Å². The van der Waals surface area contributed by atoms with Crippen LogP contribution in [0, 0.1) is 10.4 Å². The minimum atomic E-state index is 0.0767. The Hall–Kier alpha value is -2.87. The summed E-state index contributed by atoms with van der Waals surface area (Å²) < 4.78 is 0. The van der Waals surface area contributed by atoms with Crippen LogP contribution >= 0.6 is 0 Å². The summed E-state index contributed by atoms with van der Waals surface area (Å²) in [5.74, 6) is 0. The zero-order chi connectivity index (χ0) is 16.0. The lowest BCUT2D eigenvalue weighted by Crippen LogP contribution is -2.25. The molecule has 0 heterocycles. The Morgan fingerprint density at radius 3 is 2.35 bits per heavy atom. The van der Waals surface area contributed by atoms with Gasteiger partial charge in [-0.05, 0) is 51.0 Å². The second kappa shape index (κ2) is 5.10. The maximum Gasteiger partial charge on any atom is 0.187 e. The predicted molar refractivity (Wildman–Crippen MR) is 96.3 cm³/mol. The van der Waals surface area contributed by atoms with E-state index in [9.17, 15) is 4.79 Å². The molecular formula is C21H17NO. The van der Waals surface area contributed by atoms with Crippen LogP contribution in [0.1, 0.15) is 5.56 Å². The molecule has 112 valence electrons. The summed E-state index contributed by atoms with van der Waals surface area (Å²) >= 11 is 0. The molecular weight excluding hydrogens is 282 g/mol. The fourth-order valence-corrected chi connectivity index (χ4v) is 3.18. The zero-order valence-corrected chi connectivity index (χ0v) is 13.2. The Kier molecular flexibility index (Phi) is 3.05. The van der Waals surface area contributed by atoms with Gasteiger partial charge in [0.25, 0.3) is 0 Å². The molecule has 2 heteroatoms. The van der Waals surface area contributed by atoms with Gasteiger partial charge in [-0.3, -0.25) is 4.79 Å². The molecule has 2 nitrogen and oxygen atoms in total. The summed E-state index contributed by atoms with van der Waals surface area (Å²) in [5.41, 5.74) is 2.27. The first-order chi connectivity index (χ1) is 11.1. The Bertz CT molecular complexity index is 1140. The van der Waals surface area contributed by atoms with Crippen LogP contribution in [0.25, 0.3) is 16.8 Å². The molecule has 0 aliphatic heterocycles. The third-order valence-electron chi connectivity index (χ3n) is 4.39. The Morgan fingerprint density at radius 1 is 0.870 bits per heavy atom. The lowest BCUT2D eigenvalue weighted by Gasteiger charge is -2.11. The summed E-state index contributed by atoms with van der Waals surface area (Å²) in [4.78, 5) is 14.6. The van der Waals surface area contributed by atoms with Gasteiger partial charge < -0.3 is 4.90 Å². The van der Waals surface area contributed by atoms with Crippen molar-refractivity contribution < 1.29 is 0 Å². The number of hydrogen-bond donors (Lipinski definition) is 0. The SMILES string of the molecule is CN(C)c1ccc(C=c2c(=O)cc3cccc4ccc2=c43)cc1.